The molecule has 1 fully saturated rings. The van der Waals surface area contributed by atoms with Crippen molar-refractivity contribution in [3.05, 3.63) is 23.4 Å². The second-order valence-corrected chi connectivity index (χ2v) is 4.71. The highest BCUT2D eigenvalue weighted by atomic mass is 15.2. The maximum atomic E-state index is 9.17. The molecule has 0 bridgehead atoms. The summed E-state index contributed by atoms with van der Waals surface area (Å²) in [5.41, 5.74) is 1.69. The number of nitrogens with zero attached hydrogens (tertiary/aromatic N) is 3. The van der Waals surface area contributed by atoms with E-state index in [2.05, 4.69) is 22.9 Å². The van der Waals surface area contributed by atoms with Gasteiger partial charge in [0.05, 0.1) is 5.56 Å². The predicted octanol–water partition coefficient (Wildman–Crippen LogP) is 3.03. The van der Waals surface area contributed by atoms with E-state index in [1.54, 1.807) is 0 Å². The van der Waals surface area contributed by atoms with E-state index in [0.717, 1.165) is 24.5 Å². The number of hydrogen-bond donors (Lipinski definition) is 0. The zero-order chi connectivity index (χ0) is 12.3. The molecule has 3 heteroatoms. The second kappa shape index (κ2) is 5.18. The number of anilines is 1. The number of pyridine rings is 1. The number of unbranched alkanes of at least 4 members (excludes halogenated alkanes) is 1. The largest absolute Gasteiger partial charge is 0.353 e. The maximum Gasteiger partial charge on any atom is 0.147 e. The van der Waals surface area contributed by atoms with Crippen LogP contribution in [-0.4, -0.2) is 17.6 Å². The summed E-state index contributed by atoms with van der Waals surface area (Å²) in [5, 5.41) is 9.17. The van der Waals surface area contributed by atoms with E-state index in [9.17, 15) is 0 Å². The van der Waals surface area contributed by atoms with Gasteiger partial charge in [-0.3, -0.25) is 0 Å². The van der Waals surface area contributed by atoms with Crippen LogP contribution in [0.5, 0.6) is 0 Å². The molecule has 0 saturated heterocycles. The van der Waals surface area contributed by atoms with Gasteiger partial charge in [0.1, 0.15) is 11.9 Å². The fourth-order valence-electron chi connectivity index (χ4n) is 2.03. The van der Waals surface area contributed by atoms with Gasteiger partial charge in [-0.2, -0.15) is 5.26 Å². The SMILES string of the molecule is CCCCN(c1nc(C)ccc1C#N)C1CC1. The molecule has 1 saturated carbocycles. The lowest BCUT2D eigenvalue weighted by Gasteiger charge is -2.24. The monoisotopic (exact) mass is 229 g/mol. The summed E-state index contributed by atoms with van der Waals surface area (Å²) in [6, 6.07) is 6.67. The van der Waals surface area contributed by atoms with Gasteiger partial charge >= 0.3 is 0 Å². The minimum atomic E-state index is 0.614. The number of rotatable bonds is 5. The first-order chi connectivity index (χ1) is 8.26. The lowest BCUT2D eigenvalue weighted by atomic mass is 10.2. The van der Waals surface area contributed by atoms with Crippen molar-refractivity contribution in [3.8, 4) is 6.07 Å². The molecule has 17 heavy (non-hydrogen) atoms. The molecule has 1 aromatic rings. The van der Waals surface area contributed by atoms with Gasteiger partial charge in [0.15, 0.2) is 0 Å². The summed E-state index contributed by atoms with van der Waals surface area (Å²) >= 11 is 0. The van der Waals surface area contributed by atoms with Crippen LogP contribution in [-0.2, 0) is 0 Å². The zero-order valence-corrected chi connectivity index (χ0v) is 10.6. The van der Waals surface area contributed by atoms with Crippen LogP contribution in [0.4, 0.5) is 5.82 Å². The third kappa shape index (κ3) is 2.76. The average Bonchev–Trinajstić information content (AvgIpc) is 3.14. The van der Waals surface area contributed by atoms with Crippen LogP contribution in [0.1, 0.15) is 43.9 Å². The van der Waals surface area contributed by atoms with E-state index < -0.39 is 0 Å². The Balaban J connectivity index is 2.27. The van der Waals surface area contributed by atoms with Crippen molar-refractivity contribution in [1.82, 2.24) is 4.98 Å². The maximum absolute atomic E-state index is 9.17. The molecule has 0 spiro atoms. The van der Waals surface area contributed by atoms with E-state index in [-0.39, 0.29) is 0 Å². The van der Waals surface area contributed by atoms with Gasteiger partial charge in [0.2, 0.25) is 0 Å². The number of aromatic nitrogens is 1. The van der Waals surface area contributed by atoms with Gasteiger partial charge in [-0.05, 0) is 38.3 Å². The highest BCUT2D eigenvalue weighted by Gasteiger charge is 2.30. The summed E-state index contributed by atoms with van der Waals surface area (Å²) in [5.74, 6) is 0.892. The van der Waals surface area contributed by atoms with Crippen LogP contribution >= 0.6 is 0 Å². The molecule has 0 unspecified atom stereocenters. The molecule has 0 aromatic carbocycles. The Hall–Kier alpha value is -1.56. The Kier molecular flexibility index (Phi) is 3.63. The predicted molar refractivity (Wildman–Crippen MR) is 69.0 cm³/mol. The molecule has 0 radical (unpaired) electrons. The molecule has 0 N–H and O–H groups in total. The topological polar surface area (TPSA) is 39.9 Å². The summed E-state index contributed by atoms with van der Waals surface area (Å²) < 4.78 is 0. The molecular weight excluding hydrogens is 210 g/mol. The molecule has 90 valence electrons. The van der Waals surface area contributed by atoms with Crippen molar-refractivity contribution in [2.75, 3.05) is 11.4 Å². The second-order valence-electron chi connectivity index (χ2n) is 4.71. The van der Waals surface area contributed by atoms with Crippen molar-refractivity contribution in [2.24, 2.45) is 0 Å². The highest BCUT2D eigenvalue weighted by Crippen LogP contribution is 2.32. The average molecular weight is 229 g/mol. The van der Waals surface area contributed by atoms with Crippen LogP contribution in [0.25, 0.3) is 0 Å². The standard InChI is InChI=1S/C14H19N3/c1-3-4-9-17(13-7-8-13)14-12(10-15)6-5-11(2)16-14/h5-6,13H,3-4,7-9H2,1-2H3. The van der Waals surface area contributed by atoms with Crippen molar-refractivity contribution >= 4 is 5.82 Å². The van der Waals surface area contributed by atoms with Crippen molar-refractivity contribution in [1.29, 1.82) is 5.26 Å². The van der Waals surface area contributed by atoms with E-state index in [0.29, 0.717) is 11.6 Å². The molecule has 1 heterocycles. The van der Waals surface area contributed by atoms with Crippen LogP contribution in [0.15, 0.2) is 12.1 Å². The Morgan fingerprint density at radius 1 is 1.47 bits per heavy atom. The van der Waals surface area contributed by atoms with Gasteiger partial charge in [-0.1, -0.05) is 13.3 Å². The third-order valence-corrected chi connectivity index (χ3v) is 3.15. The van der Waals surface area contributed by atoms with Gasteiger partial charge < -0.3 is 4.90 Å². The number of nitriles is 1. The molecule has 0 aliphatic heterocycles. The van der Waals surface area contributed by atoms with Crippen LogP contribution in [0, 0.1) is 18.3 Å². The van der Waals surface area contributed by atoms with Gasteiger partial charge in [-0.15, -0.1) is 0 Å². The fraction of sp³-hybridized carbons (Fsp3) is 0.571. The van der Waals surface area contributed by atoms with E-state index >= 15 is 0 Å². The minimum Gasteiger partial charge on any atom is -0.353 e. The first kappa shape index (κ1) is 11.9. The number of hydrogen-bond acceptors (Lipinski definition) is 3. The Morgan fingerprint density at radius 2 is 2.24 bits per heavy atom. The van der Waals surface area contributed by atoms with Gasteiger partial charge in [0.25, 0.3) is 0 Å². The molecule has 0 amide bonds. The molecule has 1 aromatic heterocycles. The fourth-order valence-corrected chi connectivity index (χ4v) is 2.03. The lowest BCUT2D eigenvalue weighted by Crippen LogP contribution is -2.28. The molecule has 1 aliphatic rings. The third-order valence-electron chi connectivity index (χ3n) is 3.15. The Morgan fingerprint density at radius 3 is 2.82 bits per heavy atom. The first-order valence-corrected chi connectivity index (χ1v) is 6.40. The normalized spacial score (nSPS) is 14.4. The zero-order valence-electron chi connectivity index (χ0n) is 10.6. The summed E-state index contributed by atoms with van der Waals surface area (Å²) in [6.45, 7) is 5.20. The van der Waals surface area contributed by atoms with Gasteiger partial charge in [-0.25, -0.2) is 4.98 Å². The molecular formula is C14H19N3. The van der Waals surface area contributed by atoms with Gasteiger partial charge in [0, 0.05) is 18.3 Å². The van der Waals surface area contributed by atoms with Crippen molar-refractivity contribution in [2.45, 2.75) is 45.6 Å². The smallest absolute Gasteiger partial charge is 0.147 e. The number of aryl methyl sites for hydroxylation is 1. The minimum absolute atomic E-state index is 0.614. The molecule has 1 aliphatic carbocycles. The molecule has 0 atom stereocenters. The summed E-state index contributed by atoms with van der Waals surface area (Å²) in [4.78, 5) is 6.89. The van der Waals surface area contributed by atoms with Crippen molar-refractivity contribution < 1.29 is 0 Å². The van der Waals surface area contributed by atoms with Crippen molar-refractivity contribution in [3.63, 3.8) is 0 Å². The Bertz CT molecular complexity index is 430. The summed E-state index contributed by atoms with van der Waals surface area (Å²) in [6.07, 6.45) is 4.82. The van der Waals surface area contributed by atoms with E-state index in [1.165, 1.54) is 19.3 Å². The molecule has 2 rings (SSSR count). The highest BCUT2D eigenvalue weighted by molar-refractivity contribution is 5.55. The van der Waals surface area contributed by atoms with Crippen LogP contribution in [0.2, 0.25) is 0 Å². The summed E-state index contributed by atoms with van der Waals surface area (Å²) in [7, 11) is 0. The van der Waals surface area contributed by atoms with Crippen LogP contribution < -0.4 is 4.90 Å². The quantitative estimate of drug-likeness (QED) is 0.779. The van der Waals surface area contributed by atoms with E-state index in [1.807, 2.05) is 19.1 Å². The Labute approximate surface area is 103 Å². The molecule has 3 nitrogen and oxygen atoms in total. The van der Waals surface area contributed by atoms with E-state index in [4.69, 9.17) is 5.26 Å². The van der Waals surface area contributed by atoms with Crippen LogP contribution in [0.3, 0.4) is 0 Å². The lowest BCUT2D eigenvalue weighted by molar-refractivity contribution is 0.703. The first-order valence-electron chi connectivity index (χ1n) is 6.40.